The van der Waals surface area contributed by atoms with Gasteiger partial charge in [-0.15, -0.1) is 0 Å². The molecular weight excluding hydrogens is 158 g/mol. The summed E-state index contributed by atoms with van der Waals surface area (Å²) in [6.07, 6.45) is 7.82. The molecule has 78 valence electrons. The maximum atomic E-state index is 6.48. The van der Waals surface area contributed by atoms with Crippen molar-refractivity contribution in [1.82, 2.24) is 0 Å². The van der Waals surface area contributed by atoms with Crippen LogP contribution in [0.4, 0.5) is 0 Å². The summed E-state index contributed by atoms with van der Waals surface area (Å²) < 4.78 is 0. The molecule has 1 heteroatoms. The van der Waals surface area contributed by atoms with E-state index in [1.165, 1.54) is 38.5 Å². The second-order valence-electron chi connectivity index (χ2n) is 5.10. The summed E-state index contributed by atoms with van der Waals surface area (Å²) in [6.45, 7) is 6.93. The largest absolute Gasteiger partial charge is 0.325 e. The van der Waals surface area contributed by atoms with E-state index >= 15 is 0 Å². The van der Waals surface area contributed by atoms with Crippen LogP contribution >= 0.6 is 0 Å². The maximum absolute atomic E-state index is 6.48. The van der Waals surface area contributed by atoms with Crippen molar-refractivity contribution in [2.75, 3.05) is 0 Å². The van der Waals surface area contributed by atoms with Crippen LogP contribution in [0, 0.1) is 11.8 Å². The van der Waals surface area contributed by atoms with Crippen LogP contribution in [0.15, 0.2) is 0 Å². The zero-order valence-corrected chi connectivity index (χ0v) is 9.47. The zero-order chi connectivity index (χ0) is 9.90. The Morgan fingerprint density at radius 1 is 1.46 bits per heavy atom. The maximum Gasteiger partial charge on any atom is 0.0182 e. The molecule has 0 aromatic heterocycles. The van der Waals surface area contributed by atoms with Crippen LogP contribution in [-0.4, -0.2) is 5.54 Å². The lowest BCUT2D eigenvalue weighted by Gasteiger charge is -2.41. The van der Waals surface area contributed by atoms with Crippen molar-refractivity contribution in [1.29, 1.82) is 0 Å². The van der Waals surface area contributed by atoms with Crippen molar-refractivity contribution >= 4 is 0 Å². The highest BCUT2D eigenvalue weighted by molar-refractivity contribution is 4.93. The minimum Gasteiger partial charge on any atom is -0.325 e. The highest BCUT2D eigenvalue weighted by Gasteiger charge is 2.34. The van der Waals surface area contributed by atoms with Crippen molar-refractivity contribution in [2.24, 2.45) is 17.6 Å². The molecule has 3 atom stereocenters. The summed E-state index contributed by atoms with van der Waals surface area (Å²) in [6, 6.07) is 0. The average molecular weight is 183 g/mol. The van der Waals surface area contributed by atoms with Gasteiger partial charge in [-0.2, -0.15) is 0 Å². The summed E-state index contributed by atoms with van der Waals surface area (Å²) in [5.74, 6) is 1.53. The van der Waals surface area contributed by atoms with Crippen LogP contribution in [-0.2, 0) is 0 Å². The summed E-state index contributed by atoms with van der Waals surface area (Å²) in [5.41, 5.74) is 6.64. The van der Waals surface area contributed by atoms with E-state index in [2.05, 4.69) is 20.8 Å². The van der Waals surface area contributed by atoms with Crippen molar-refractivity contribution in [2.45, 2.75) is 64.8 Å². The van der Waals surface area contributed by atoms with Gasteiger partial charge in [0.1, 0.15) is 0 Å². The van der Waals surface area contributed by atoms with E-state index in [0.717, 1.165) is 11.8 Å². The lowest BCUT2D eigenvalue weighted by atomic mass is 9.70. The third-order valence-corrected chi connectivity index (χ3v) is 3.94. The molecule has 0 heterocycles. The molecule has 0 radical (unpaired) electrons. The lowest BCUT2D eigenvalue weighted by Crippen LogP contribution is -2.49. The fraction of sp³-hybridized carbons (Fsp3) is 1.00. The molecule has 1 rings (SSSR count). The molecule has 0 aromatic rings. The standard InChI is InChI=1S/C12H25N/c1-4-10(2)9-12(13)8-6-5-7-11(12)3/h10-11H,4-9,13H2,1-3H3. The number of hydrogen-bond donors (Lipinski definition) is 1. The third-order valence-electron chi connectivity index (χ3n) is 3.94. The summed E-state index contributed by atoms with van der Waals surface area (Å²) >= 11 is 0. The first-order chi connectivity index (χ1) is 6.08. The molecule has 3 unspecified atom stereocenters. The fourth-order valence-electron chi connectivity index (χ4n) is 2.53. The van der Waals surface area contributed by atoms with Gasteiger partial charge in [0, 0.05) is 5.54 Å². The molecule has 13 heavy (non-hydrogen) atoms. The first-order valence-corrected chi connectivity index (χ1v) is 5.87. The second kappa shape index (κ2) is 4.45. The van der Waals surface area contributed by atoms with Crippen LogP contribution in [0.5, 0.6) is 0 Å². The van der Waals surface area contributed by atoms with E-state index in [0.29, 0.717) is 0 Å². The van der Waals surface area contributed by atoms with Crippen LogP contribution in [0.1, 0.15) is 59.3 Å². The number of nitrogens with two attached hydrogens (primary N) is 1. The zero-order valence-electron chi connectivity index (χ0n) is 9.47. The lowest BCUT2D eigenvalue weighted by molar-refractivity contribution is 0.167. The van der Waals surface area contributed by atoms with Crippen molar-refractivity contribution in [3.8, 4) is 0 Å². The topological polar surface area (TPSA) is 26.0 Å². The van der Waals surface area contributed by atoms with Gasteiger partial charge in [0.2, 0.25) is 0 Å². The van der Waals surface area contributed by atoms with E-state index < -0.39 is 0 Å². The Bertz CT molecular complexity index is 155. The second-order valence-corrected chi connectivity index (χ2v) is 5.10. The molecule has 0 spiro atoms. The quantitative estimate of drug-likeness (QED) is 0.713. The van der Waals surface area contributed by atoms with Gasteiger partial charge in [-0.1, -0.05) is 40.0 Å². The highest BCUT2D eigenvalue weighted by atomic mass is 14.8. The van der Waals surface area contributed by atoms with Gasteiger partial charge in [0.05, 0.1) is 0 Å². The van der Waals surface area contributed by atoms with E-state index in [9.17, 15) is 0 Å². The predicted molar refractivity (Wildman–Crippen MR) is 58.6 cm³/mol. The van der Waals surface area contributed by atoms with E-state index in [1.807, 2.05) is 0 Å². The van der Waals surface area contributed by atoms with E-state index in [1.54, 1.807) is 0 Å². The minimum absolute atomic E-state index is 0.160. The Hall–Kier alpha value is -0.0400. The molecule has 1 fully saturated rings. The highest BCUT2D eigenvalue weighted by Crippen LogP contribution is 2.36. The van der Waals surface area contributed by atoms with Crippen LogP contribution < -0.4 is 5.73 Å². The van der Waals surface area contributed by atoms with Crippen LogP contribution in [0.3, 0.4) is 0 Å². The molecule has 0 amide bonds. The Balaban J connectivity index is 2.51. The van der Waals surface area contributed by atoms with Crippen molar-refractivity contribution < 1.29 is 0 Å². The van der Waals surface area contributed by atoms with Crippen LogP contribution in [0.25, 0.3) is 0 Å². The summed E-state index contributed by atoms with van der Waals surface area (Å²) in [4.78, 5) is 0. The van der Waals surface area contributed by atoms with Gasteiger partial charge in [-0.05, 0) is 31.1 Å². The Kier molecular flexibility index (Phi) is 3.78. The smallest absolute Gasteiger partial charge is 0.0182 e. The van der Waals surface area contributed by atoms with Gasteiger partial charge in [-0.3, -0.25) is 0 Å². The number of hydrogen-bond acceptors (Lipinski definition) is 1. The van der Waals surface area contributed by atoms with Gasteiger partial charge in [0.15, 0.2) is 0 Å². The van der Waals surface area contributed by atoms with Crippen LogP contribution in [0.2, 0.25) is 0 Å². The molecule has 1 nitrogen and oxygen atoms in total. The van der Waals surface area contributed by atoms with Crippen molar-refractivity contribution in [3.05, 3.63) is 0 Å². The summed E-state index contributed by atoms with van der Waals surface area (Å²) in [7, 11) is 0. The molecule has 0 saturated heterocycles. The van der Waals surface area contributed by atoms with E-state index in [4.69, 9.17) is 5.73 Å². The van der Waals surface area contributed by atoms with Gasteiger partial charge >= 0.3 is 0 Å². The SMILES string of the molecule is CCC(C)CC1(N)CCCCC1C. The number of rotatable bonds is 3. The Labute approximate surface area is 83.1 Å². The van der Waals surface area contributed by atoms with E-state index in [-0.39, 0.29) is 5.54 Å². The normalized spacial score (nSPS) is 37.4. The summed E-state index contributed by atoms with van der Waals surface area (Å²) in [5, 5.41) is 0. The molecule has 1 aliphatic rings. The molecule has 0 aliphatic heterocycles. The molecular formula is C12H25N. The average Bonchev–Trinajstić information content (AvgIpc) is 2.10. The molecule has 2 N–H and O–H groups in total. The van der Waals surface area contributed by atoms with Gasteiger partial charge in [0.25, 0.3) is 0 Å². The van der Waals surface area contributed by atoms with Gasteiger partial charge in [-0.25, -0.2) is 0 Å². The van der Waals surface area contributed by atoms with Gasteiger partial charge < -0.3 is 5.73 Å². The fourth-order valence-corrected chi connectivity index (χ4v) is 2.53. The third kappa shape index (κ3) is 2.70. The first-order valence-electron chi connectivity index (χ1n) is 5.87. The van der Waals surface area contributed by atoms with Crippen molar-refractivity contribution in [3.63, 3.8) is 0 Å². The molecule has 0 aromatic carbocycles. The Morgan fingerprint density at radius 2 is 2.15 bits per heavy atom. The molecule has 1 saturated carbocycles. The first kappa shape index (κ1) is 11.0. The Morgan fingerprint density at radius 3 is 2.69 bits per heavy atom. The molecule has 0 bridgehead atoms. The monoisotopic (exact) mass is 183 g/mol. The minimum atomic E-state index is 0.160. The molecule has 1 aliphatic carbocycles. The predicted octanol–water partition coefficient (Wildman–Crippen LogP) is 3.33.